The van der Waals surface area contributed by atoms with Crippen LogP contribution in [-0.4, -0.2) is 28.0 Å². The van der Waals surface area contributed by atoms with Crippen LogP contribution in [0.15, 0.2) is 28.8 Å². The van der Waals surface area contributed by atoms with E-state index in [-0.39, 0.29) is 30.1 Å². The lowest BCUT2D eigenvalue weighted by atomic mass is 10.1. The first kappa shape index (κ1) is 19.6. The van der Waals surface area contributed by atoms with Gasteiger partial charge in [0.2, 0.25) is 5.91 Å². The Kier molecular flexibility index (Phi) is 6.82. The van der Waals surface area contributed by atoms with E-state index >= 15 is 0 Å². The van der Waals surface area contributed by atoms with E-state index in [0.717, 1.165) is 18.6 Å². The van der Waals surface area contributed by atoms with Gasteiger partial charge in [0.05, 0.1) is 11.8 Å². The van der Waals surface area contributed by atoms with Crippen molar-refractivity contribution >= 4 is 11.9 Å². The largest absolute Gasteiger partial charge is 0.480 e. The smallest absolute Gasteiger partial charge is 0.326 e. The Morgan fingerprint density at radius 2 is 2.12 bits per heavy atom. The first-order valence-electron chi connectivity index (χ1n) is 8.33. The van der Waals surface area contributed by atoms with Crippen molar-refractivity contribution in [3.63, 3.8) is 0 Å². The molecule has 0 spiro atoms. The first-order valence-corrected chi connectivity index (χ1v) is 8.33. The fourth-order valence-corrected chi connectivity index (χ4v) is 2.39. The highest BCUT2D eigenvalue weighted by atomic mass is 19.1. The molecule has 1 heterocycles. The fourth-order valence-electron chi connectivity index (χ4n) is 2.39. The molecule has 1 aromatic carbocycles. The van der Waals surface area contributed by atoms with Gasteiger partial charge in [-0.3, -0.25) is 4.79 Å². The normalized spacial score (nSPS) is 12.0. The molecule has 1 aromatic heterocycles. The zero-order chi connectivity index (χ0) is 19.1. The molecular weight excluding hydrogens is 346 g/mol. The molecular formula is C18H20F2N2O4. The van der Waals surface area contributed by atoms with Crippen LogP contribution >= 0.6 is 0 Å². The van der Waals surface area contributed by atoms with E-state index < -0.39 is 29.6 Å². The van der Waals surface area contributed by atoms with Gasteiger partial charge >= 0.3 is 5.97 Å². The van der Waals surface area contributed by atoms with E-state index in [1.807, 2.05) is 6.92 Å². The molecule has 0 saturated carbocycles. The Bertz CT molecular complexity index is 776. The molecule has 1 amide bonds. The number of amides is 1. The van der Waals surface area contributed by atoms with Crippen molar-refractivity contribution in [1.29, 1.82) is 0 Å². The number of aryl methyl sites for hydroxylation is 1. The molecule has 0 radical (unpaired) electrons. The van der Waals surface area contributed by atoms with E-state index in [0.29, 0.717) is 12.8 Å². The van der Waals surface area contributed by atoms with Crippen LogP contribution in [-0.2, 0) is 16.0 Å². The third kappa shape index (κ3) is 5.37. The number of nitrogens with zero attached hydrogens (tertiary/aromatic N) is 1. The number of nitrogens with one attached hydrogen (secondary N) is 1. The first-order chi connectivity index (χ1) is 12.4. The zero-order valence-corrected chi connectivity index (χ0v) is 14.3. The second kappa shape index (κ2) is 9.07. The summed E-state index contributed by atoms with van der Waals surface area (Å²) in [4.78, 5) is 27.0. The van der Waals surface area contributed by atoms with Gasteiger partial charge in [-0.05, 0) is 18.6 Å². The summed E-state index contributed by atoms with van der Waals surface area (Å²) in [7, 11) is 0. The molecule has 0 saturated heterocycles. The van der Waals surface area contributed by atoms with Gasteiger partial charge in [0.15, 0.2) is 11.7 Å². The number of oxazole rings is 1. The molecule has 0 aliphatic rings. The maximum Gasteiger partial charge on any atom is 0.326 e. The standard InChI is InChI=1S/C18H20F2N2O4/c1-2-3-4-14(18(24)25)22-16(23)7-8-17-21-10-15(26-17)12-6-5-11(19)9-13(12)20/h5-6,9-10,14H,2-4,7-8H2,1H3,(H,22,23)(H,24,25)/t14-/m0/s1. The van der Waals surface area contributed by atoms with Crippen LogP contribution in [0.3, 0.4) is 0 Å². The second-order valence-corrected chi connectivity index (χ2v) is 5.84. The third-order valence-corrected chi connectivity index (χ3v) is 3.80. The van der Waals surface area contributed by atoms with Crippen LogP contribution in [0.5, 0.6) is 0 Å². The molecule has 140 valence electrons. The fraction of sp³-hybridized carbons (Fsp3) is 0.389. The average molecular weight is 366 g/mol. The van der Waals surface area contributed by atoms with Crippen LogP contribution in [0.25, 0.3) is 11.3 Å². The lowest BCUT2D eigenvalue weighted by Gasteiger charge is -2.13. The SMILES string of the molecule is CCCC[C@H](NC(=O)CCc1ncc(-c2ccc(F)cc2F)o1)C(=O)O. The number of rotatable bonds is 9. The van der Waals surface area contributed by atoms with Gasteiger partial charge in [-0.2, -0.15) is 0 Å². The maximum atomic E-state index is 13.7. The van der Waals surface area contributed by atoms with Crippen LogP contribution < -0.4 is 5.32 Å². The van der Waals surface area contributed by atoms with Crippen molar-refractivity contribution in [3.8, 4) is 11.3 Å². The van der Waals surface area contributed by atoms with Crippen molar-refractivity contribution in [1.82, 2.24) is 10.3 Å². The number of unbranched alkanes of at least 4 members (excludes halogenated alkanes) is 1. The number of hydrogen-bond donors (Lipinski definition) is 2. The van der Waals surface area contributed by atoms with Gasteiger partial charge in [-0.15, -0.1) is 0 Å². The number of aliphatic carboxylic acids is 1. The minimum Gasteiger partial charge on any atom is -0.480 e. The highest BCUT2D eigenvalue weighted by molar-refractivity contribution is 5.83. The summed E-state index contributed by atoms with van der Waals surface area (Å²) >= 11 is 0. The van der Waals surface area contributed by atoms with Gasteiger partial charge < -0.3 is 14.8 Å². The molecule has 26 heavy (non-hydrogen) atoms. The highest BCUT2D eigenvalue weighted by Crippen LogP contribution is 2.24. The molecule has 8 heteroatoms. The number of carboxylic acids is 1. The molecule has 2 rings (SSSR count). The Balaban J connectivity index is 1.92. The van der Waals surface area contributed by atoms with Crippen molar-refractivity contribution in [2.45, 2.75) is 45.1 Å². The number of halogens is 2. The summed E-state index contributed by atoms with van der Waals surface area (Å²) in [6.07, 6.45) is 3.31. The molecule has 6 nitrogen and oxygen atoms in total. The summed E-state index contributed by atoms with van der Waals surface area (Å²) in [5.74, 6) is -2.63. The predicted octanol–water partition coefficient (Wildman–Crippen LogP) is 3.31. The van der Waals surface area contributed by atoms with E-state index in [4.69, 9.17) is 9.52 Å². The third-order valence-electron chi connectivity index (χ3n) is 3.80. The minimum atomic E-state index is -1.07. The van der Waals surface area contributed by atoms with E-state index in [1.54, 1.807) is 0 Å². The van der Waals surface area contributed by atoms with Crippen molar-refractivity contribution in [2.24, 2.45) is 0 Å². The Morgan fingerprint density at radius 3 is 2.77 bits per heavy atom. The van der Waals surface area contributed by atoms with Crippen molar-refractivity contribution in [2.75, 3.05) is 0 Å². The monoisotopic (exact) mass is 366 g/mol. The topological polar surface area (TPSA) is 92.4 Å². The van der Waals surface area contributed by atoms with E-state index in [9.17, 15) is 18.4 Å². The van der Waals surface area contributed by atoms with Gasteiger partial charge in [0, 0.05) is 18.9 Å². The highest BCUT2D eigenvalue weighted by Gasteiger charge is 2.19. The molecule has 0 fully saturated rings. The quantitative estimate of drug-likeness (QED) is 0.710. The molecule has 0 aliphatic heterocycles. The molecule has 1 atom stereocenters. The lowest BCUT2D eigenvalue weighted by molar-refractivity contribution is -0.142. The van der Waals surface area contributed by atoms with Gasteiger partial charge in [0.25, 0.3) is 0 Å². The van der Waals surface area contributed by atoms with Crippen LogP contribution in [0.4, 0.5) is 8.78 Å². The molecule has 0 unspecified atom stereocenters. The van der Waals surface area contributed by atoms with Crippen LogP contribution in [0.2, 0.25) is 0 Å². The van der Waals surface area contributed by atoms with Crippen LogP contribution in [0.1, 0.15) is 38.5 Å². The summed E-state index contributed by atoms with van der Waals surface area (Å²) in [6, 6.07) is 2.17. The summed E-state index contributed by atoms with van der Waals surface area (Å²) in [6.45, 7) is 1.94. The van der Waals surface area contributed by atoms with Gasteiger partial charge in [-0.25, -0.2) is 18.6 Å². The second-order valence-electron chi connectivity index (χ2n) is 5.84. The number of carboxylic acid groups (broad SMARTS) is 1. The van der Waals surface area contributed by atoms with Crippen molar-refractivity contribution < 1.29 is 27.9 Å². The Hall–Kier alpha value is -2.77. The maximum absolute atomic E-state index is 13.7. The summed E-state index contributed by atoms with van der Waals surface area (Å²) < 4.78 is 32.1. The zero-order valence-electron chi connectivity index (χ0n) is 14.3. The molecule has 0 bridgehead atoms. The average Bonchev–Trinajstić information content (AvgIpc) is 3.05. The number of benzene rings is 1. The lowest BCUT2D eigenvalue weighted by Crippen LogP contribution is -2.40. The minimum absolute atomic E-state index is 0.0121. The molecule has 0 aliphatic carbocycles. The number of carbonyl (C=O) groups excluding carboxylic acids is 1. The van der Waals surface area contributed by atoms with Gasteiger partial charge in [-0.1, -0.05) is 19.8 Å². The number of hydrogen-bond acceptors (Lipinski definition) is 4. The van der Waals surface area contributed by atoms with Crippen molar-refractivity contribution in [3.05, 3.63) is 41.9 Å². The summed E-state index contributed by atoms with van der Waals surface area (Å²) in [5.41, 5.74) is 0.0695. The Morgan fingerprint density at radius 1 is 1.35 bits per heavy atom. The summed E-state index contributed by atoms with van der Waals surface area (Å²) in [5, 5.41) is 11.6. The Labute approximate surface area is 149 Å². The molecule has 2 N–H and O–H groups in total. The van der Waals surface area contributed by atoms with Gasteiger partial charge in [0.1, 0.15) is 17.7 Å². The number of carbonyl (C=O) groups is 2. The van der Waals surface area contributed by atoms with E-state index in [1.165, 1.54) is 12.3 Å². The van der Waals surface area contributed by atoms with Crippen LogP contribution in [0, 0.1) is 11.6 Å². The van der Waals surface area contributed by atoms with E-state index in [2.05, 4.69) is 10.3 Å². The predicted molar refractivity (Wildman–Crippen MR) is 89.3 cm³/mol. The molecule has 2 aromatic rings. The number of aromatic nitrogens is 1.